The van der Waals surface area contributed by atoms with Crippen LogP contribution in [0.2, 0.25) is 6.82 Å². The average molecular weight is 242 g/mol. The molecule has 1 aromatic carbocycles. The van der Waals surface area contributed by atoms with Crippen molar-refractivity contribution in [3.63, 3.8) is 0 Å². The van der Waals surface area contributed by atoms with E-state index in [2.05, 4.69) is 31.9 Å². The second-order valence-electron chi connectivity index (χ2n) is 5.36. The summed E-state index contributed by atoms with van der Waals surface area (Å²) in [6, 6.07) is 6.49. The summed E-state index contributed by atoms with van der Waals surface area (Å²) in [7, 11) is 1.12. The van der Waals surface area contributed by atoms with Gasteiger partial charge in [-0.3, -0.25) is 9.59 Å². The van der Waals surface area contributed by atoms with E-state index >= 15 is 0 Å². The molecule has 2 rings (SSSR count). The Bertz CT molecular complexity index is 463. The summed E-state index contributed by atoms with van der Waals surface area (Å²) in [5.41, 5.74) is 3.71. The zero-order valence-corrected chi connectivity index (χ0v) is 11.2. The molecule has 3 heteroatoms. The van der Waals surface area contributed by atoms with Crippen LogP contribution in [0.5, 0.6) is 0 Å². The molecule has 0 amide bonds. The monoisotopic (exact) mass is 242 g/mol. The number of carbonyl (C=O) groups excluding carboxylic acids is 2. The van der Waals surface area contributed by atoms with Gasteiger partial charge in [0.15, 0.2) is 0 Å². The summed E-state index contributed by atoms with van der Waals surface area (Å²) in [6.07, 6.45) is 2.26. The third kappa shape index (κ3) is 3.09. The Morgan fingerprint density at radius 2 is 1.83 bits per heavy atom. The van der Waals surface area contributed by atoms with E-state index in [0.29, 0.717) is 12.8 Å². The Balaban J connectivity index is 2.26. The maximum absolute atomic E-state index is 11.5. The molecule has 0 unspecified atom stereocenters. The van der Waals surface area contributed by atoms with E-state index in [1.54, 1.807) is 0 Å². The van der Waals surface area contributed by atoms with Crippen LogP contribution in [-0.2, 0) is 15.9 Å². The van der Waals surface area contributed by atoms with Crippen molar-refractivity contribution in [2.75, 3.05) is 0 Å². The van der Waals surface area contributed by atoms with Gasteiger partial charge in [0.05, 0.1) is 6.42 Å². The average Bonchev–Trinajstić information content (AvgIpc) is 2.27. The minimum atomic E-state index is 0.0924. The van der Waals surface area contributed by atoms with Gasteiger partial charge in [-0.1, -0.05) is 42.5 Å². The summed E-state index contributed by atoms with van der Waals surface area (Å²) in [5.74, 6) is 0.291. The Morgan fingerprint density at radius 1 is 1.17 bits per heavy atom. The van der Waals surface area contributed by atoms with Gasteiger partial charge < -0.3 is 0 Å². The van der Waals surface area contributed by atoms with E-state index in [9.17, 15) is 9.59 Å². The van der Waals surface area contributed by atoms with Crippen LogP contribution in [0.25, 0.3) is 0 Å². The van der Waals surface area contributed by atoms with E-state index in [1.807, 2.05) is 0 Å². The minimum Gasteiger partial charge on any atom is -0.299 e. The molecule has 0 N–H and O–H groups in total. The molecule has 94 valence electrons. The van der Waals surface area contributed by atoms with E-state index in [1.165, 1.54) is 16.7 Å². The van der Waals surface area contributed by atoms with Gasteiger partial charge in [-0.25, -0.2) is 0 Å². The molecule has 0 saturated heterocycles. The number of carbonyl (C=O) groups is 2. The third-order valence-electron chi connectivity index (χ3n) is 3.51. The van der Waals surface area contributed by atoms with Gasteiger partial charge in [-0.05, 0) is 18.4 Å². The lowest BCUT2D eigenvalue weighted by Gasteiger charge is -2.21. The first-order valence-electron chi connectivity index (χ1n) is 6.72. The lowest BCUT2D eigenvalue weighted by atomic mass is 9.73. The predicted molar refractivity (Wildman–Crippen MR) is 74.5 cm³/mol. The molecule has 0 atom stereocenters. The van der Waals surface area contributed by atoms with Crippen LogP contribution < -0.4 is 0 Å². The molecule has 0 aromatic heterocycles. The van der Waals surface area contributed by atoms with Crippen LogP contribution >= 0.6 is 0 Å². The van der Waals surface area contributed by atoms with Crippen molar-refractivity contribution in [1.29, 1.82) is 0 Å². The molecule has 0 bridgehead atoms. The Hall–Kier alpha value is -1.38. The molecule has 0 spiro atoms. The fraction of sp³-hybridized carbons (Fsp3) is 0.467. The van der Waals surface area contributed by atoms with Gasteiger partial charge in [0.1, 0.15) is 18.8 Å². The Kier molecular flexibility index (Phi) is 4.00. The smallest absolute Gasteiger partial charge is 0.140 e. The quantitative estimate of drug-likeness (QED) is 0.602. The molecule has 1 aromatic rings. The highest BCUT2D eigenvalue weighted by Crippen LogP contribution is 2.30. The van der Waals surface area contributed by atoms with Crippen molar-refractivity contribution in [1.82, 2.24) is 0 Å². The maximum Gasteiger partial charge on any atom is 0.140 e. The van der Waals surface area contributed by atoms with Gasteiger partial charge >= 0.3 is 0 Å². The summed E-state index contributed by atoms with van der Waals surface area (Å²) >= 11 is 0. The normalized spacial score (nSPS) is 17.0. The number of aryl methyl sites for hydroxylation is 1. The van der Waals surface area contributed by atoms with Crippen LogP contribution in [0.3, 0.4) is 0 Å². The second-order valence-corrected chi connectivity index (χ2v) is 5.36. The predicted octanol–water partition coefficient (Wildman–Crippen LogP) is 2.39. The van der Waals surface area contributed by atoms with E-state index < -0.39 is 0 Å². The molecular weight excluding hydrogens is 223 g/mol. The summed E-state index contributed by atoms with van der Waals surface area (Å²) in [5, 5.41) is 0. The number of rotatable bonds is 3. The van der Waals surface area contributed by atoms with Crippen LogP contribution in [0, 0.1) is 6.92 Å². The van der Waals surface area contributed by atoms with Gasteiger partial charge in [0.25, 0.3) is 0 Å². The van der Waals surface area contributed by atoms with Crippen molar-refractivity contribution in [2.24, 2.45) is 0 Å². The largest absolute Gasteiger partial charge is 0.299 e. The van der Waals surface area contributed by atoms with Gasteiger partial charge in [-0.2, -0.15) is 0 Å². The molecule has 1 saturated carbocycles. The first-order valence-corrected chi connectivity index (χ1v) is 6.72. The highest BCUT2D eigenvalue weighted by atomic mass is 16.1. The van der Waals surface area contributed by atoms with Gasteiger partial charge in [0, 0.05) is 12.8 Å². The van der Waals surface area contributed by atoms with Crippen molar-refractivity contribution in [2.45, 2.75) is 45.2 Å². The molecule has 0 heterocycles. The second kappa shape index (κ2) is 5.51. The van der Waals surface area contributed by atoms with Crippen LogP contribution in [0.4, 0.5) is 0 Å². The minimum absolute atomic E-state index is 0.0924. The van der Waals surface area contributed by atoms with Gasteiger partial charge in [0.2, 0.25) is 0 Å². The fourth-order valence-corrected chi connectivity index (χ4v) is 2.78. The first kappa shape index (κ1) is 13.1. The van der Waals surface area contributed by atoms with Crippen molar-refractivity contribution in [3.05, 3.63) is 34.9 Å². The molecule has 0 aliphatic heterocycles. The number of hydrogen-bond acceptors (Lipinski definition) is 2. The maximum atomic E-state index is 11.5. The lowest BCUT2D eigenvalue weighted by Crippen LogP contribution is -2.21. The zero-order valence-electron chi connectivity index (χ0n) is 11.2. The Morgan fingerprint density at radius 3 is 2.44 bits per heavy atom. The number of Topliss-reactive ketones (excluding diaryl/α,β-unsaturated/α-hetero) is 2. The fourth-order valence-electron chi connectivity index (χ4n) is 2.78. The van der Waals surface area contributed by atoms with Crippen molar-refractivity contribution >= 4 is 18.8 Å². The van der Waals surface area contributed by atoms with Crippen molar-refractivity contribution in [3.8, 4) is 0 Å². The van der Waals surface area contributed by atoms with Crippen LogP contribution in [0.15, 0.2) is 18.2 Å². The molecule has 18 heavy (non-hydrogen) atoms. The molecule has 1 aliphatic carbocycles. The van der Waals surface area contributed by atoms with Crippen LogP contribution in [0.1, 0.15) is 41.9 Å². The lowest BCUT2D eigenvalue weighted by molar-refractivity contribution is -0.130. The summed E-state index contributed by atoms with van der Waals surface area (Å²) in [4.78, 5) is 23.1. The molecule has 1 fully saturated rings. The Labute approximate surface area is 109 Å². The van der Waals surface area contributed by atoms with E-state index in [-0.39, 0.29) is 23.9 Å². The van der Waals surface area contributed by atoms with E-state index in [4.69, 9.17) is 0 Å². The molecule has 0 radical (unpaired) electrons. The van der Waals surface area contributed by atoms with Crippen molar-refractivity contribution < 1.29 is 9.59 Å². The highest BCUT2D eigenvalue weighted by molar-refractivity contribution is 6.32. The van der Waals surface area contributed by atoms with Crippen LogP contribution in [-0.4, -0.2) is 18.8 Å². The third-order valence-corrected chi connectivity index (χ3v) is 3.51. The standard InChI is InChI=1S/C15H19BO2/c1-10-3-11(9-16-2)5-12(4-10)13-6-14(17)8-15(18)7-13/h3-5,13,16H,6-9H2,1-2H3. The molecular formula is C15H19BO2. The SMILES string of the molecule is CBCc1cc(C)cc(C2CC(=O)CC(=O)C2)c1. The number of benzene rings is 1. The first-order chi connectivity index (χ1) is 8.58. The number of hydrogen-bond donors (Lipinski definition) is 0. The highest BCUT2D eigenvalue weighted by Gasteiger charge is 2.26. The number of ketones is 2. The van der Waals surface area contributed by atoms with Gasteiger partial charge in [-0.15, -0.1) is 0 Å². The summed E-state index contributed by atoms with van der Waals surface area (Å²) < 4.78 is 0. The topological polar surface area (TPSA) is 34.1 Å². The zero-order chi connectivity index (χ0) is 13.1. The van der Waals surface area contributed by atoms with E-state index in [0.717, 1.165) is 13.6 Å². The molecule has 2 nitrogen and oxygen atoms in total. The summed E-state index contributed by atoms with van der Waals surface area (Å²) in [6.45, 7) is 4.24. The molecule has 1 aliphatic rings.